The van der Waals surface area contributed by atoms with Crippen LogP contribution in [0, 0.1) is 5.82 Å². The molecule has 3 heterocycles. The molecule has 0 spiro atoms. The van der Waals surface area contributed by atoms with E-state index in [9.17, 15) is 9.18 Å². The Hall–Kier alpha value is -3.04. The molecule has 0 radical (unpaired) electrons. The molecule has 11 heteroatoms. The highest BCUT2D eigenvalue weighted by molar-refractivity contribution is 6.42. The van der Waals surface area contributed by atoms with Gasteiger partial charge in [-0.15, -0.1) is 0 Å². The van der Waals surface area contributed by atoms with Gasteiger partial charge in [0.15, 0.2) is 17.1 Å². The van der Waals surface area contributed by atoms with Crippen LogP contribution in [0.5, 0.6) is 11.6 Å². The molecule has 1 aromatic carbocycles. The smallest absolute Gasteiger partial charge is 0.249 e. The molecule has 4 rings (SSSR count). The number of benzene rings is 1. The molecule has 2 aromatic heterocycles. The lowest BCUT2D eigenvalue weighted by Crippen LogP contribution is -2.37. The predicted octanol–water partition coefficient (Wildman–Crippen LogP) is 3.88. The molecule has 1 amide bonds. The van der Waals surface area contributed by atoms with E-state index in [2.05, 4.69) is 26.5 Å². The molecule has 0 unspecified atom stereocenters. The molecule has 0 aliphatic carbocycles. The minimum absolute atomic E-state index is 0.0304. The van der Waals surface area contributed by atoms with Gasteiger partial charge < -0.3 is 14.5 Å². The molecule has 1 atom stereocenters. The normalized spacial score (nSPS) is 15.9. The second-order valence-electron chi connectivity index (χ2n) is 6.90. The lowest BCUT2D eigenvalue weighted by Gasteiger charge is -2.24. The van der Waals surface area contributed by atoms with Crippen molar-refractivity contribution < 1.29 is 13.9 Å². The average molecular weight is 463 g/mol. The van der Waals surface area contributed by atoms with E-state index in [0.29, 0.717) is 30.1 Å². The Bertz CT molecular complexity index is 1180. The summed E-state index contributed by atoms with van der Waals surface area (Å²) in [5.74, 6) is -0.598. The van der Waals surface area contributed by atoms with Crippen LogP contribution >= 0.6 is 23.2 Å². The minimum atomic E-state index is -0.801. The molecule has 1 aliphatic rings. The molecule has 31 heavy (non-hydrogen) atoms. The van der Waals surface area contributed by atoms with Crippen LogP contribution in [0.15, 0.2) is 37.3 Å². The van der Waals surface area contributed by atoms with E-state index >= 15 is 0 Å². The summed E-state index contributed by atoms with van der Waals surface area (Å²) < 4.78 is 20.1. The fourth-order valence-electron chi connectivity index (χ4n) is 3.31. The number of aromatic nitrogens is 4. The van der Waals surface area contributed by atoms with E-state index < -0.39 is 5.82 Å². The second kappa shape index (κ2) is 8.60. The first kappa shape index (κ1) is 21.2. The van der Waals surface area contributed by atoms with Gasteiger partial charge in [-0.1, -0.05) is 29.8 Å². The number of rotatable bonds is 5. The van der Waals surface area contributed by atoms with Crippen molar-refractivity contribution in [2.75, 3.05) is 25.0 Å². The molecule has 3 aromatic rings. The first-order valence-electron chi connectivity index (χ1n) is 9.32. The van der Waals surface area contributed by atoms with Crippen molar-refractivity contribution in [3.63, 3.8) is 0 Å². The van der Waals surface area contributed by atoms with Crippen LogP contribution in [0.1, 0.15) is 6.42 Å². The first-order chi connectivity index (χ1) is 14.9. The third kappa shape index (κ3) is 4.11. The van der Waals surface area contributed by atoms with Crippen molar-refractivity contribution in [3.8, 4) is 11.6 Å². The van der Waals surface area contributed by atoms with Crippen LogP contribution < -0.4 is 9.64 Å². The molecular weight excluding hydrogens is 446 g/mol. The minimum Gasteiger partial charge on any atom is -0.434 e. The number of carbonyl (C=O) groups excluding carboxylic acids is 1. The van der Waals surface area contributed by atoms with E-state index in [1.807, 2.05) is 11.9 Å². The van der Waals surface area contributed by atoms with Gasteiger partial charge in [0.1, 0.15) is 11.8 Å². The van der Waals surface area contributed by atoms with Gasteiger partial charge >= 0.3 is 0 Å². The number of likely N-dealkylation sites (N-methyl/N-ethyl adjacent to an activating group) is 1. The van der Waals surface area contributed by atoms with E-state index in [0.717, 1.165) is 6.42 Å². The summed E-state index contributed by atoms with van der Waals surface area (Å²) in [4.78, 5) is 32.6. The molecule has 1 aliphatic heterocycles. The van der Waals surface area contributed by atoms with E-state index in [1.54, 1.807) is 4.90 Å². The highest BCUT2D eigenvalue weighted by atomic mass is 35.5. The number of fused-ring (bicyclic) bond motifs is 1. The fourth-order valence-corrected chi connectivity index (χ4v) is 3.61. The number of ether oxygens (including phenoxy) is 1. The summed E-state index contributed by atoms with van der Waals surface area (Å²) in [7, 11) is 1.84. The number of amides is 1. The number of anilines is 1. The Kier molecular flexibility index (Phi) is 5.88. The van der Waals surface area contributed by atoms with Gasteiger partial charge in [0, 0.05) is 20.1 Å². The Morgan fingerprint density at radius 3 is 2.94 bits per heavy atom. The van der Waals surface area contributed by atoms with Crippen molar-refractivity contribution in [1.82, 2.24) is 24.8 Å². The highest BCUT2D eigenvalue weighted by Gasteiger charge is 2.29. The molecular formula is C20H17Cl2FN6O2. The largest absolute Gasteiger partial charge is 0.434 e. The van der Waals surface area contributed by atoms with Gasteiger partial charge in [0.25, 0.3) is 0 Å². The molecule has 0 N–H and O–H groups in total. The summed E-state index contributed by atoms with van der Waals surface area (Å²) in [5.41, 5.74) is 0.736. The van der Waals surface area contributed by atoms with E-state index in [-0.39, 0.29) is 33.6 Å². The van der Waals surface area contributed by atoms with Gasteiger partial charge in [0.05, 0.1) is 22.3 Å². The van der Waals surface area contributed by atoms with Crippen LogP contribution in [0.2, 0.25) is 10.0 Å². The number of likely N-dealkylation sites (tertiary alicyclic amines) is 1. The lowest BCUT2D eigenvalue weighted by atomic mass is 10.2. The number of halogens is 3. The first-order valence-corrected chi connectivity index (χ1v) is 10.1. The van der Waals surface area contributed by atoms with Crippen LogP contribution in [0.4, 0.5) is 10.3 Å². The second-order valence-corrected chi connectivity index (χ2v) is 7.69. The molecule has 0 saturated carbocycles. The number of hydrogen-bond donors (Lipinski definition) is 0. The molecule has 1 fully saturated rings. The Balaban J connectivity index is 1.64. The quantitative estimate of drug-likeness (QED) is 0.420. The van der Waals surface area contributed by atoms with Gasteiger partial charge in [0.2, 0.25) is 17.7 Å². The van der Waals surface area contributed by atoms with Crippen molar-refractivity contribution in [3.05, 3.63) is 53.2 Å². The zero-order valence-corrected chi connectivity index (χ0v) is 17.9. The zero-order chi connectivity index (χ0) is 22.1. The third-order valence-electron chi connectivity index (χ3n) is 5.05. The van der Waals surface area contributed by atoms with Crippen LogP contribution in [0.3, 0.4) is 0 Å². The summed E-state index contributed by atoms with van der Waals surface area (Å²) in [6, 6.07) is 2.81. The van der Waals surface area contributed by atoms with Crippen molar-refractivity contribution in [2.24, 2.45) is 0 Å². The summed E-state index contributed by atoms with van der Waals surface area (Å²) in [5, 5.41) is -0.168. The summed E-state index contributed by atoms with van der Waals surface area (Å²) >= 11 is 11.7. The number of carbonyl (C=O) groups is 1. The zero-order valence-electron chi connectivity index (χ0n) is 16.4. The maximum atomic E-state index is 14.4. The maximum absolute atomic E-state index is 14.4. The Morgan fingerprint density at radius 1 is 1.35 bits per heavy atom. The topological polar surface area (TPSA) is 84.3 Å². The predicted molar refractivity (Wildman–Crippen MR) is 115 cm³/mol. The monoisotopic (exact) mass is 462 g/mol. The van der Waals surface area contributed by atoms with Crippen LogP contribution in [-0.4, -0.2) is 56.9 Å². The van der Waals surface area contributed by atoms with E-state index in [4.69, 9.17) is 27.9 Å². The fraction of sp³-hybridized carbons (Fsp3) is 0.250. The average Bonchev–Trinajstić information content (AvgIpc) is 3.28. The Labute approximate surface area is 187 Å². The van der Waals surface area contributed by atoms with Crippen LogP contribution in [0.25, 0.3) is 11.0 Å². The Morgan fingerprint density at radius 2 is 2.16 bits per heavy atom. The molecule has 8 nitrogen and oxygen atoms in total. The highest BCUT2D eigenvalue weighted by Crippen LogP contribution is 2.34. The molecule has 1 saturated heterocycles. The summed E-state index contributed by atoms with van der Waals surface area (Å²) in [6.45, 7) is 4.69. The SMILES string of the molecule is C=CC(=O)N1CC[C@H](N(C)c2ncc3ncnc(Oc4ccc(Cl)c(Cl)c4F)c3n2)C1. The number of hydrogen-bond acceptors (Lipinski definition) is 7. The van der Waals surface area contributed by atoms with Gasteiger partial charge in [-0.25, -0.2) is 19.3 Å². The summed E-state index contributed by atoms with van der Waals surface area (Å²) in [6.07, 6.45) is 4.88. The van der Waals surface area contributed by atoms with Gasteiger partial charge in [-0.05, 0) is 24.6 Å². The third-order valence-corrected chi connectivity index (χ3v) is 5.83. The lowest BCUT2D eigenvalue weighted by molar-refractivity contribution is -0.125. The molecule has 0 bridgehead atoms. The standard InChI is InChI=1S/C20H17Cl2FN6O2/c1-3-15(30)29-7-6-11(9-29)28(2)20-24-8-13-18(27-20)19(26-10-25-13)31-14-5-4-12(21)16(22)17(14)23/h3-5,8,10-11H,1,6-7,9H2,2H3/t11-/m0/s1. The maximum Gasteiger partial charge on any atom is 0.249 e. The van der Waals surface area contributed by atoms with Gasteiger partial charge in [-0.2, -0.15) is 4.98 Å². The van der Waals surface area contributed by atoms with E-state index in [1.165, 1.54) is 30.7 Å². The van der Waals surface area contributed by atoms with Crippen molar-refractivity contribution >= 4 is 46.1 Å². The van der Waals surface area contributed by atoms with Crippen LogP contribution in [-0.2, 0) is 4.79 Å². The van der Waals surface area contributed by atoms with Gasteiger partial charge in [-0.3, -0.25) is 4.79 Å². The van der Waals surface area contributed by atoms with Crippen molar-refractivity contribution in [2.45, 2.75) is 12.5 Å². The molecule has 160 valence electrons. The number of nitrogens with zero attached hydrogens (tertiary/aromatic N) is 6. The van der Waals surface area contributed by atoms with Crippen molar-refractivity contribution in [1.29, 1.82) is 0 Å².